The third kappa shape index (κ3) is 6.09. The second-order valence-electron chi connectivity index (χ2n) is 4.60. The van der Waals surface area contributed by atoms with E-state index in [1.165, 1.54) is 4.90 Å². The first-order valence-electron chi connectivity index (χ1n) is 6.26. The van der Waals surface area contributed by atoms with Crippen molar-refractivity contribution < 1.29 is 13.2 Å². The van der Waals surface area contributed by atoms with Gasteiger partial charge in [-0.25, -0.2) is 0 Å². The number of guanidine groups is 1. The van der Waals surface area contributed by atoms with Gasteiger partial charge in [-0.2, -0.15) is 13.2 Å². The summed E-state index contributed by atoms with van der Waals surface area (Å²) < 4.78 is 36.6. The molecule has 7 heteroatoms. The zero-order valence-corrected chi connectivity index (χ0v) is 10.6. The highest BCUT2D eigenvalue weighted by molar-refractivity contribution is 5.78. The van der Waals surface area contributed by atoms with Crippen molar-refractivity contribution in [3.8, 4) is 0 Å². The Morgan fingerprint density at radius 2 is 2.22 bits per heavy atom. The topological polar surface area (TPSA) is 53.6 Å². The van der Waals surface area contributed by atoms with Gasteiger partial charge in [0.1, 0.15) is 0 Å². The maximum atomic E-state index is 12.2. The molecule has 0 aromatic carbocycles. The van der Waals surface area contributed by atoms with E-state index in [1.807, 2.05) is 0 Å². The van der Waals surface area contributed by atoms with Crippen molar-refractivity contribution in [3.63, 3.8) is 0 Å². The quantitative estimate of drug-likeness (QED) is 0.448. The van der Waals surface area contributed by atoms with Crippen LogP contribution in [0.1, 0.15) is 26.2 Å². The first-order chi connectivity index (χ1) is 8.40. The van der Waals surface area contributed by atoms with E-state index in [-0.39, 0.29) is 6.04 Å². The minimum Gasteiger partial charge on any atom is -0.370 e. The molecule has 0 radical (unpaired) electrons. The number of aliphatic imine (C=N–C) groups is 1. The number of rotatable bonds is 5. The molecule has 0 aromatic rings. The summed E-state index contributed by atoms with van der Waals surface area (Å²) in [5, 5.41) is 2.97. The van der Waals surface area contributed by atoms with Gasteiger partial charge in [-0.15, -0.1) is 0 Å². The Labute approximate surface area is 105 Å². The Kier molecular flexibility index (Phi) is 5.71. The standard InChI is InChI=1S/C11H21F3N4/c1-2-3-5-16-10(15)17-9-4-6-18(7-9)8-11(12,13)14/h9H,2-8H2,1H3,(H3,15,16,17). The largest absolute Gasteiger partial charge is 0.401 e. The molecule has 1 aliphatic heterocycles. The molecule has 0 spiro atoms. The first kappa shape index (κ1) is 15.1. The maximum absolute atomic E-state index is 12.2. The lowest BCUT2D eigenvalue weighted by Crippen LogP contribution is -2.42. The van der Waals surface area contributed by atoms with E-state index in [4.69, 9.17) is 5.73 Å². The Hall–Kier alpha value is -0.980. The SMILES string of the molecule is CCCCN=C(N)NC1CCN(CC(F)(F)F)C1. The predicted molar refractivity (Wildman–Crippen MR) is 65.4 cm³/mol. The van der Waals surface area contributed by atoms with Crippen molar-refractivity contribution in [2.24, 2.45) is 10.7 Å². The van der Waals surface area contributed by atoms with Gasteiger partial charge in [0.2, 0.25) is 0 Å². The van der Waals surface area contributed by atoms with Crippen LogP contribution in [0.4, 0.5) is 13.2 Å². The third-order valence-corrected chi connectivity index (χ3v) is 2.82. The van der Waals surface area contributed by atoms with E-state index in [2.05, 4.69) is 17.2 Å². The van der Waals surface area contributed by atoms with Crippen LogP contribution in [0.3, 0.4) is 0 Å². The normalized spacial score (nSPS) is 22.4. The fourth-order valence-electron chi connectivity index (χ4n) is 1.96. The van der Waals surface area contributed by atoms with Gasteiger partial charge in [-0.05, 0) is 12.8 Å². The second-order valence-corrected chi connectivity index (χ2v) is 4.60. The van der Waals surface area contributed by atoms with Crippen molar-refractivity contribution in [3.05, 3.63) is 0 Å². The Morgan fingerprint density at radius 3 is 2.83 bits per heavy atom. The molecule has 0 aromatic heterocycles. The Balaban J connectivity index is 2.27. The summed E-state index contributed by atoms with van der Waals surface area (Å²) in [6.07, 6.45) is -1.46. The molecular weight excluding hydrogens is 245 g/mol. The molecule has 18 heavy (non-hydrogen) atoms. The maximum Gasteiger partial charge on any atom is 0.401 e. The highest BCUT2D eigenvalue weighted by Gasteiger charge is 2.34. The van der Waals surface area contributed by atoms with Gasteiger partial charge < -0.3 is 11.1 Å². The van der Waals surface area contributed by atoms with Crippen LogP contribution in [-0.4, -0.2) is 49.3 Å². The van der Waals surface area contributed by atoms with Crippen LogP contribution in [0, 0.1) is 0 Å². The van der Waals surface area contributed by atoms with Gasteiger partial charge in [0.25, 0.3) is 0 Å². The first-order valence-corrected chi connectivity index (χ1v) is 6.26. The molecule has 1 aliphatic rings. The van der Waals surface area contributed by atoms with Gasteiger partial charge in [0.15, 0.2) is 5.96 Å². The van der Waals surface area contributed by atoms with Crippen LogP contribution in [0.25, 0.3) is 0 Å². The zero-order chi connectivity index (χ0) is 13.6. The smallest absolute Gasteiger partial charge is 0.370 e. The molecule has 0 amide bonds. The van der Waals surface area contributed by atoms with Gasteiger partial charge in [0, 0.05) is 25.7 Å². The number of halogens is 3. The van der Waals surface area contributed by atoms with Crippen LogP contribution < -0.4 is 11.1 Å². The molecule has 0 saturated carbocycles. The molecule has 1 heterocycles. The van der Waals surface area contributed by atoms with E-state index in [1.54, 1.807) is 0 Å². The van der Waals surface area contributed by atoms with Crippen LogP contribution >= 0.6 is 0 Å². The molecule has 0 aliphatic carbocycles. The lowest BCUT2D eigenvalue weighted by molar-refractivity contribution is -0.143. The average Bonchev–Trinajstić information content (AvgIpc) is 2.63. The van der Waals surface area contributed by atoms with Crippen LogP contribution in [0.5, 0.6) is 0 Å². The number of nitrogens with zero attached hydrogens (tertiary/aromatic N) is 2. The summed E-state index contributed by atoms with van der Waals surface area (Å²) in [6.45, 7) is 2.68. The average molecular weight is 266 g/mol. The molecular formula is C11H21F3N4. The fraction of sp³-hybridized carbons (Fsp3) is 0.909. The van der Waals surface area contributed by atoms with Crippen molar-refractivity contribution in [1.82, 2.24) is 10.2 Å². The molecule has 1 unspecified atom stereocenters. The molecule has 4 nitrogen and oxygen atoms in total. The van der Waals surface area contributed by atoms with Crippen molar-refractivity contribution in [2.45, 2.75) is 38.4 Å². The lowest BCUT2D eigenvalue weighted by atomic mass is 10.3. The van der Waals surface area contributed by atoms with Crippen LogP contribution in [0.2, 0.25) is 0 Å². The fourth-order valence-corrected chi connectivity index (χ4v) is 1.96. The zero-order valence-electron chi connectivity index (χ0n) is 10.6. The van der Waals surface area contributed by atoms with E-state index in [9.17, 15) is 13.2 Å². The molecule has 1 rings (SSSR count). The van der Waals surface area contributed by atoms with Crippen molar-refractivity contribution >= 4 is 5.96 Å². The van der Waals surface area contributed by atoms with Gasteiger partial charge in [-0.3, -0.25) is 9.89 Å². The van der Waals surface area contributed by atoms with E-state index in [0.29, 0.717) is 32.0 Å². The highest BCUT2D eigenvalue weighted by Crippen LogP contribution is 2.19. The van der Waals surface area contributed by atoms with E-state index < -0.39 is 12.7 Å². The molecule has 0 bridgehead atoms. The lowest BCUT2D eigenvalue weighted by Gasteiger charge is -2.18. The molecule has 1 atom stereocenters. The van der Waals surface area contributed by atoms with Crippen molar-refractivity contribution in [2.75, 3.05) is 26.2 Å². The summed E-state index contributed by atoms with van der Waals surface area (Å²) in [5.74, 6) is 0.335. The molecule has 3 N–H and O–H groups in total. The van der Waals surface area contributed by atoms with Gasteiger partial charge >= 0.3 is 6.18 Å². The van der Waals surface area contributed by atoms with Gasteiger partial charge in [-0.1, -0.05) is 13.3 Å². The van der Waals surface area contributed by atoms with Crippen LogP contribution in [0.15, 0.2) is 4.99 Å². The minimum atomic E-state index is -4.13. The predicted octanol–water partition coefficient (Wildman–Crippen LogP) is 1.33. The summed E-state index contributed by atoms with van der Waals surface area (Å²) in [5.41, 5.74) is 5.67. The number of nitrogens with one attached hydrogen (secondary N) is 1. The summed E-state index contributed by atoms with van der Waals surface area (Å²) in [6, 6.07) is -0.0299. The summed E-state index contributed by atoms with van der Waals surface area (Å²) in [7, 11) is 0. The minimum absolute atomic E-state index is 0.0299. The number of hydrogen-bond acceptors (Lipinski definition) is 2. The second kappa shape index (κ2) is 6.82. The monoisotopic (exact) mass is 266 g/mol. The third-order valence-electron chi connectivity index (χ3n) is 2.82. The highest BCUT2D eigenvalue weighted by atomic mass is 19.4. The Morgan fingerprint density at radius 1 is 1.50 bits per heavy atom. The molecule has 1 saturated heterocycles. The summed E-state index contributed by atoms with van der Waals surface area (Å²) >= 11 is 0. The molecule has 1 fully saturated rings. The van der Waals surface area contributed by atoms with E-state index >= 15 is 0 Å². The number of nitrogens with two attached hydrogens (primary N) is 1. The van der Waals surface area contributed by atoms with Crippen LogP contribution in [-0.2, 0) is 0 Å². The number of likely N-dealkylation sites (tertiary alicyclic amines) is 1. The molecule has 106 valence electrons. The number of alkyl halides is 3. The summed E-state index contributed by atoms with van der Waals surface area (Å²) in [4.78, 5) is 5.51. The number of hydrogen-bond donors (Lipinski definition) is 2. The Bertz CT molecular complexity index is 278. The van der Waals surface area contributed by atoms with Gasteiger partial charge in [0.05, 0.1) is 6.54 Å². The van der Waals surface area contributed by atoms with Crippen molar-refractivity contribution in [1.29, 1.82) is 0 Å². The van der Waals surface area contributed by atoms with E-state index in [0.717, 1.165) is 12.8 Å². The number of unbranched alkanes of at least 4 members (excludes halogenated alkanes) is 1.